The number of carbonyl (C=O) groups excluding carboxylic acids is 3. The van der Waals surface area contributed by atoms with E-state index in [-0.39, 0.29) is 31.1 Å². The van der Waals surface area contributed by atoms with Gasteiger partial charge in [-0.15, -0.1) is 0 Å². The Balaban J connectivity index is 4.24. The van der Waals surface area contributed by atoms with Crippen molar-refractivity contribution in [3.05, 3.63) is 36.5 Å². The molecule has 0 aromatic rings. The smallest absolute Gasteiger partial charge is 0.306 e. The van der Waals surface area contributed by atoms with Crippen LogP contribution >= 0.6 is 0 Å². The molecular formula is C72H134O6. The lowest BCUT2D eigenvalue weighted by Gasteiger charge is -2.18. The molecule has 0 aliphatic heterocycles. The fourth-order valence-corrected chi connectivity index (χ4v) is 10.6. The summed E-state index contributed by atoms with van der Waals surface area (Å²) in [5, 5.41) is 0. The highest BCUT2D eigenvalue weighted by Crippen LogP contribution is 2.18. The van der Waals surface area contributed by atoms with Crippen LogP contribution in [0, 0.1) is 0 Å². The summed E-state index contributed by atoms with van der Waals surface area (Å²) in [5.41, 5.74) is 0. The predicted octanol–water partition coefficient (Wildman–Crippen LogP) is 23.9. The lowest BCUT2D eigenvalue weighted by Crippen LogP contribution is -2.30. The summed E-state index contributed by atoms with van der Waals surface area (Å²) in [6.45, 7) is 6.67. The van der Waals surface area contributed by atoms with Gasteiger partial charge in [-0.3, -0.25) is 14.4 Å². The molecule has 0 aromatic carbocycles. The fraction of sp³-hybridized carbons (Fsp3) is 0.875. The number of esters is 3. The molecule has 0 N–H and O–H groups in total. The highest BCUT2D eigenvalue weighted by atomic mass is 16.6. The van der Waals surface area contributed by atoms with Crippen LogP contribution in [-0.2, 0) is 28.6 Å². The van der Waals surface area contributed by atoms with E-state index in [4.69, 9.17) is 14.2 Å². The Morgan fingerprint density at radius 3 is 0.731 bits per heavy atom. The summed E-state index contributed by atoms with van der Waals surface area (Å²) in [5.74, 6) is -0.866. The third-order valence-corrected chi connectivity index (χ3v) is 15.9. The third kappa shape index (κ3) is 64.5. The fourth-order valence-electron chi connectivity index (χ4n) is 10.6. The first-order valence-electron chi connectivity index (χ1n) is 35.0. The second-order valence-corrected chi connectivity index (χ2v) is 23.8. The molecule has 0 saturated heterocycles. The molecule has 1 unspecified atom stereocenters. The minimum absolute atomic E-state index is 0.0740. The highest BCUT2D eigenvalue weighted by Gasteiger charge is 2.19. The van der Waals surface area contributed by atoms with Crippen LogP contribution < -0.4 is 0 Å². The van der Waals surface area contributed by atoms with Crippen molar-refractivity contribution in [1.29, 1.82) is 0 Å². The molecule has 0 heterocycles. The average Bonchev–Trinajstić information content (AvgIpc) is 3.44. The van der Waals surface area contributed by atoms with Crippen LogP contribution in [0.1, 0.15) is 387 Å². The summed E-state index contributed by atoms with van der Waals surface area (Å²) < 4.78 is 17.0. The molecule has 0 fully saturated rings. The van der Waals surface area contributed by atoms with Crippen LogP contribution in [0.3, 0.4) is 0 Å². The van der Waals surface area contributed by atoms with Gasteiger partial charge in [0.15, 0.2) is 6.10 Å². The minimum atomic E-state index is -0.779. The van der Waals surface area contributed by atoms with Gasteiger partial charge in [0.1, 0.15) is 13.2 Å². The Morgan fingerprint density at radius 1 is 0.256 bits per heavy atom. The first-order chi connectivity index (χ1) is 38.5. The van der Waals surface area contributed by atoms with Crippen molar-refractivity contribution in [2.24, 2.45) is 0 Å². The van der Waals surface area contributed by atoms with Gasteiger partial charge in [-0.05, 0) is 77.0 Å². The van der Waals surface area contributed by atoms with Crippen molar-refractivity contribution < 1.29 is 28.6 Å². The van der Waals surface area contributed by atoms with E-state index in [2.05, 4.69) is 57.2 Å². The van der Waals surface area contributed by atoms with E-state index in [1.807, 2.05) is 0 Å². The van der Waals surface area contributed by atoms with Crippen molar-refractivity contribution in [3.63, 3.8) is 0 Å². The van der Waals surface area contributed by atoms with Gasteiger partial charge >= 0.3 is 17.9 Å². The van der Waals surface area contributed by atoms with E-state index >= 15 is 0 Å². The largest absolute Gasteiger partial charge is 0.462 e. The summed E-state index contributed by atoms with van der Waals surface area (Å²) in [6, 6.07) is 0. The van der Waals surface area contributed by atoms with Crippen molar-refractivity contribution >= 4 is 17.9 Å². The molecule has 0 rings (SSSR count). The lowest BCUT2D eigenvalue weighted by molar-refractivity contribution is -0.167. The van der Waals surface area contributed by atoms with Crippen LogP contribution in [0.2, 0.25) is 0 Å². The van der Waals surface area contributed by atoms with Gasteiger partial charge in [-0.1, -0.05) is 327 Å². The number of carbonyl (C=O) groups is 3. The van der Waals surface area contributed by atoms with E-state index in [0.717, 1.165) is 77.0 Å². The standard InChI is InChI=1S/C72H134O6/c1-4-7-10-13-16-19-22-25-28-31-32-33-34-35-36-37-38-39-40-42-44-47-50-53-56-59-62-65-71(74)77-68-69(67-76-70(73)64-61-58-55-52-49-46-43-30-27-24-21-18-15-12-9-6-3)78-72(75)66-63-60-57-54-51-48-45-41-29-26-23-20-17-14-11-8-5-2/h21,24,26,29-30,43,69H,4-20,22-23,25,27-28,31-42,44-68H2,1-3H3/b24-21-,29-26-,43-30-. The van der Waals surface area contributed by atoms with Gasteiger partial charge in [0, 0.05) is 19.3 Å². The van der Waals surface area contributed by atoms with E-state index < -0.39 is 6.10 Å². The van der Waals surface area contributed by atoms with Gasteiger partial charge in [-0.2, -0.15) is 0 Å². The summed E-state index contributed by atoms with van der Waals surface area (Å²) >= 11 is 0. The topological polar surface area (TPSA) is 78.9 Å². The molecule has 78 heavy (non-hydrogen) atoms. The predicted molar refractivity (Wildman–Crippen MR) is 339 cm³/mol. The minimum Gasteiger partial charge on any atom is -0.462 e. The Morgan fingerprint density at radius 2 is 0.462 bits per heavy atom. The molecule has 0 radical (unpaired) electrons. The van der Waals surface area contributed by atoms with Crippen LogP contribution in [0.5, 0.6) is 0 Å². The molecule has 0 aromatic heterocycles. The van der Waals surface area contributed by atoms with Crippen LogP contribution in [0.15, 0.2) is 36.5 Å². The SMILES string of the molecule is CCCCCC/C=C\C/C=C\CCCCCCCC(=O)OCC(COC(=O)CCCCCCCCCCCCCCCCCCCCCCCCCCCCC)OC(=O)CCCCCCCCC/C=C\CCCCCCCC. The van der Waals surface area contributed by atoms with Crippen molar-refractivity contribution in [3.8, 4) is 0 Å². The number of allylic oxidation sites excluding steroid dienone is 6. The zero-order chi connectivity index (χ0) is 56.4. The summed E-state index contributed by atoms with van der Waals surface area (Å²) in [6.07, 6.45) is 83.2. The molecule has 6 nitrogen and oxygen atoms in total. The van der Waals surface area contributed by atoms with E-state index in [1.54, 1.807) is 0 Å². The molecule has 0 spiro atoms. The number of ether oxygens (including phenoxy) is 3. The quantitative estimate of drug-likeness (QED) is 0.0261. The first-order valence-corrected chi connectivity index (χ1v) is 35.0. The monoisotopic (exact) mass is 1100 g/mol. The Hall–Kier alpha value is -2.37. The zero-order valence-electron chi connectivity index (χ0n) is 52.7. The van der Waals surface area contributed by atoms with Gasteiger partial charge in [0.2, 0.25) is 0 Å². The molecule has 0 saturated carbocycles. The molecule has 458 valence electrons. The van der Waals surface area contributed by atoms with Gasteiger partial charge in [0.25, 0.3) is 0 Å². The molecule has 0 bridgehead atoms. The zero-order valence-corrected chi connectivity index (χ0v) is 52.7. The second-order valence-electron chi connectivity index (χ2n) is 23.8. The number of hydrogen-bond donors (Lipinski definition) is 0. The maximum atomic E-state index is 12.9. The maximum Gasteiger partial charge on any atom is 0.306 e. The van der Waals surface area contributed by atoms with Crippen LogP contribution in [0.4, 0.5) is 0 Å². The van der Waals surface area contributed by atoms with Crippen molar-refractivity contribution in [2.75, 3.05) is 13.2 Å². The van der Waals surface area contributed by atoms with E-state index in [0.29, 0.717) is 19.3 Å². The van der Waals surface area contributed by atoms with Crippen molar-refractivity contribution in [2.45, 2.75) is 393 Å². The highest BCUT2D eigenvalue weighted by molar-refractivity contribution is 5.71. The van der Waals surface area contributed by atoms with Gasteiger partial charge in [0.05, 0.1) is 0 Å². The molecule has 0 aliphatic carbocycles. The number of unbranched alkanes of at least 4 members (excludes halogenated alkanes) is 48. The molecule has 6 heteroatoms. The third-order valence-electron chi connectivity index (χ3n) is 15.9. The van der Waals surface area contributed by atoms with Crippen LogP contribution in [0.25, 0.3) is 0 Å². The second kappa shape index (κ2) is 67.1. The molecule has 0 aliphatic rings. The van der Waals surface area contributed by atoms with E-state index in [1.165, 1.54) is 270 Å². The normalized spacial score (nSPS) is 12.2. The van der Waals surface area contributed by atoms with Gasteiger partial charge in [-0.25, -0.2) is 0 Å². The lowest BCUT2D eigenvalue weighted by atomic mass is 10.0. The average molecular weight is 1100 g/mol. The Kier molecular flexibility index (Phi) is 65.1. The maximum absolute atomic E-state index is 12.9. The number of hydrogen-bond acceptors (Lipinski definition) is 6. The van der Waals surface area contributed by atoms with E-state index in [9.17, 15) is 14.4 Å². The van der Waals surface area contributed by atoms with Gasteiger partial charge < -0.3 is 14.2 Å². The molecule has 0 amide bonds. The molecule has 1 atom stereocenters. The first kappa shape index (κ1) is 75.6. The summed E-state index contributed by atoms with van der Waals surface area (Å²) in [7, 11) is 0. The van der Waals surface area contributed by atoms with Crippen molar-refractivity contribution in [1.82, 2.24) is 0 Å². The molecular weight excluding hydrogens is 961 g/mol. The Bertz CT molecular complexity index is 1300. The Labute approximate surface area is 486 Å². The van der Waals surface area contributed by atoms with Crippen LogP contribution in [-0.4, -0.2) is 37.2 Å². The summed E-state index contributed by atoms with van der Waals surface area (Å²) in [4.78, 5) is 38.4. The number of rotatable bonds is 65.